The first-order chi connectivity index (χ1) is 23.1. The van der Waals surface area contributed by atoms with Gasteiger partial charge in [0.1, 0.15) is 6.10 Å². The number of allylic oxidation sites excluding steroid dienone is 3. The number of unbranched alkanes of at least 4 members (excludes halogenated alkanes) is 27. The standard InChI is InChI=1S/C42H81NO4/c1-3-5-7-9-11-13-15-17-18-19-20-21-22-23-25-27-29-31-33-35-37-41(46)42(47)43-39(38-44)40(45)36-34-32-30-28-26-24-16-14-12-10-8-6-4-2/h26,28,34,36,39-41,44-46H,3-25,27,29-33,35,37-38H2,1-2H3,(H,43,47)/b28-26+,36-34+/t39-,40+,41-/m0/s1. The lowest BCUT2D eigenvalue weighted by molar-refractivity contribution is -0.131. The molecular formula is C42H81NO4. The lowest BCUT2D eigenvalue weighted by Gasteiger charge is -2.21. The lowest BCUT2D eigenvalue weighted by atomic mass is 10.0. The maximum Gasteiger partial charge on any atom is 0.249 e. The molecule has 0 aliphatic rings. The van der Waals surface area contributed by atoms with Gasteiger partial charge < -0.3 is 20.6 Å². The van der Waals surface area contributed by atoms with Gasteiger partial charge in [0.2, 0.25) is 5.91 Å². The molecule has 0 aliphatic heterocycles. The number of carbonyl (C=O) groups is 1. The minimum Gasteiger partial charge on any atom is -0.394 e. The van der Waals surface area contributed by atoms with E-state index in [0.717, 1.165) is 38.5 Å². The van der Waals surface area contributed by atoms with Crippen molar-refractivity contribution in [3.05, 3.63) is 24.3 Å². The summed E-state index contributed by atoms with van der Waals surface area (Å²) in [6.07, 6.45) is 44.9. The molecule has 3 atom stereocenters. The minimum atomic E-state index is -1.10. The van der Waals surface area contributed by atoms with Gasteiger partial charge in [0.05, 0.1) is 18.8 Å². The fourth-order valence-corrected chi connectivity index (χ4v) is 6.26. The average molecular weight is 664 g/mol. The number of hydrogen-bond acceptors (Lipinski definition) is 4. The van der Waals surface area contributed by atoms with Crippen LogP contribution in [0.1, 0.15) is 213 Å². The van der Waals surface area contributed by atoms with Gasteiger partial charge in [-0.25, -0.2) is 0 Å². The highest BCUT2D eigenvalue weighted by atomic mass is 16.3. The zero-order valence-electron chi connectivity index (χ0n) is 31.4. The van der Waals surface area contributed by atoms with E-state index < -0.39 is 24.2 Å². The lowest BCUT2D eigenvalue weighted by Crippen LogP contribution is -2.48. The molecule has 0 bridgehead atoms. The van der Waals surface area contributed by atoms with Crippen LogP contribution in [0.3, 0.4) is 0 Å². The van der Waals surface area contributed by atoms with Crippen molar-refractivity contribution in [1.82, 2.24) is 5.32 Å². The normalized spacial score (nSPS) is 13.9. The Hall–Kier alpha value is -1.17. The molecule has 0 aromatic rings. The Morgan fingerprint density at radius 1 is 0.511 bits per heavy atom. The molecule has 0 saturated heterocycles. The molecule has 278 valence electrons. The molecule has 5 nitrogen and oxygen atoms in total. The van der Waals surface area contributed by atoms with Gasteiger partial charge in [0.25, 0.3) is 0 Å². The monoisotopic (exact) mass is 664 g/mol. The summed E-state index contributed by atoms with van der Waals surface area (Å²) in [6.45, 7) is 4.16. The van der Waals surface area contributed by atoms with Gasteiger partial charge in [0.15, 0.2) is 0 Å². The number of hydrogen-bond donors (Lipinski definition) is 4. The van der Waals surface area contributed by atoms with Crippen LogP contribution in [0.15, 0.2) is 24.3 Å². The third-order valence-corrected chi connectivity index (χ3v) is 9.54. The molecule has 0 aromatic heterocycles. The number of amides is 1. The van der Waals surface area contributed by atoms with E-state index >= 15 is 0 Å². The largest absolute Gasteiger partial charge is 0.394 e. The van der Waals surface area contributed by atoms with Crippen LogP contribution in [0.4, 0.5) is 0 Å². The maximum absolute atomic E-state index is 12.4. The highest BCUT2D eigenvalue weighted by molar-refractivity contribution is 5.80. The summed E-state index contributed by atoms with van der Waals surface area (Å²) in [5, 5.41) is 33.0. The first-order valence-corrected chi connectivity index (χ1v) is 20.7. The van der Waals surface area contributed by atoms with Crippen LogP contribution in [0.5, 0.6) is 0 Å². The summed E-state index contributed by atoms with van der Waals surface area (Å²) in [7, 11) is 0. The third-order valence-electron chi connectivity index (χ3n) is 9.54. The fourth-order valence-electron chi connectivity index (χ4n) is 6.26. The van der Waals surface area contributed by atoms with E-state index in [1.165, 1.54) is 154 Å². The van der Waals surface area contributed by atoms with E-state index in [1.807, 2.05) is 6.08 Å². The predicted molar refractivity (Wildman–Crippen MR) is 204 cm³/mol. The van der Waals surface area contributed by atoms with Gasteiger partial charge in [-0.05, 0) is 32.1 Å². The van der Waals surface area contributed by atoms with Crippen molar-refractivity contribution in [2.75, 3.05) is 6.61 Å². The van der Waals surface area contributed by atoms with Crippen LogP contribution in [-0.2, 0) is 4.79 Å². The molecule has 4 N–H and O–H groups in total. The summed E-state index contributed by atoms with van der Waals surface area (Å²) in [6, 6.07) is -0.809. The Balaban J connectivity index is 3.68. The van der Waals surface area contributed by atoms with E-state index in [4.69, 9.17) is 0 Å². The molecule has 0 unspecified atom stereocenters. The summed E-state index contributed by atoms with van der Waals surface area (Å²) in [5.41, 5.74) is 0. The van der Waals surface area contributed by atoms with E-state index in [2.05, 4.69) is 31.3 Å². The number of nitrogens with one attached hydrogen (secondary N) is 1. The maximum atomic E-state index is 12.4. The Bertz CT molecular complexity index is 694. The Kier molecular flexibility index (Phi) is 36.7. The smallest absolute Gasteiger partial charge is 0.249 e. The van der Waals surface area contributed by atoms with E-state index in [1.54, 1.807) is 6.08 Å². The molecule has 0 fully saturated rings. The van der Waals surface area contributed by atoms with E-state index in [-0.39, 0.29) is 6.61 Å². The van der Waals surface area contributed by atoms with Gasteiger partial charge in [0, 0.05) is 0 Å². The van der Waals surface area contributed by atoms with Crippen LogP contribution >= 0.6 is 0 Å². The molecule has 0 rings (SSSR count). The van der Waals surface area contributed by atoms with Gasteiger partial charge in [-0.3, -0.25) is 4.79 Å². The molecule has 47 heavy (non-hydrogen) atoms. The van der Waals surface area contributed by atoms with Crippen molar-refractivity contribution >= 4 is 5.91 Å². The second kappa shape index (κ2) is 37.6. The summed E-state index contributed by atoms with van der Waals surface area (Å²) in [4.78, 5) is 12.4. The van der Waals surface area contributed by atoms with Crippen molar-refractivity contribution in [3.63, 3.8) is 0 Å². The Morgan fingerprint density at radius 2 is 0.872 bits per heavy atom. The van der Waals surface area contributed by atoms with Gasteiger partial charge in [-0.15, -0.1) is 0 Å². The van der Waals surface area contributed by atoms with E-state index in [0.29, 0.717) is 6.42 Å². The first kappa shape index (κ1) is 45.8. The quantitative estimate of drug-likeness (QED) is 0.0393. The number of carbonyl (C=O) groups excluding carboxylic acids is 1. The first-order valence-electron chi connectivity index (χ1n) is 20.7. The van der Waals surface area contributed by atoms with Crippen LogP contribution < -0.4 is 5.32 Å². The van der Waals surface area contributed by atoms with Crippen LogP contribution in [0, 0.1) is 0 Å². The second-order valence-corrected chi connectivity index (χ2v) is 14.2. The van der Waals surface area contributed by atoms with Gasteiger partial charge in [-0.1, -0.05) is 205 Å². The third kappa shape index (κ3) is 33.1. The van der Waals surface area contributed by atoms with Gasteiger partial charge >= 0.3 is 0 Å². The molecule has 5 heteroatoms. The van der Waals surface area contributed by atoms with Gasteiger partial charge in [-0.2, -0.15) is 0 Å². The molecule has 1 amide bonds. The molecule has 0 spiro atoms. The van der Waals surface area contributed by atoms with Crippen molar-refractivity contribution in [3.8, 4) is 0 Å². The highest BCUT2D eigenvalue weighted by Crippen LogP contribution is 2.16. The summed E-state index contributed by atoms with van der Waals surface area (Å²) in [5.74, 6) is -0.511. The molecule has 0 saturated carbocycles. The molecule has 0 aromatic carbocycles. The Morgan fingerprint density at radius 3 is 1.30 bits per heavy atom. The zero-order valence-corrected chi connectivity index (χ0v) is 31.4. The van der Waals surface area contributed by atoms with Crippen molar-refractivity contribution < 1.29 is 20.1 Å². The van der Waals surface area contributed by atoms with Crippen LogP contribution in [0.2, 0.25) is 0 Å². The van der Waals surface area contributed by atoms with E-state index in [9.17, 15) is 20.1 Å². The fraction of sp³-hybridized carbons (Fsp3) is 0.881. The number of aliphatic hydroxyl groups excluding tert-OH is 3. The highest BCUT2D eigenvalue weighted by Gasteiger charge is 2.22. The minimum absolute atomic E-state index is 0.373. The molecule has 0 radical (unpaired) electrons. The number of rotatable bonds is 37. The zero-order chi connectivity index (χ0) is 34.5. The molecule has 0 aliphatic carbocycles. The molecule has 0 heterocycles. The average Bonchev–Trinajstić information content (AvgIpc) is 3.07. The number of aliphatic hydroxyl groups is 3. The molecular weight excluding hydrogens is 582 g/mol. The van der Waals surface area contributed by atoms with Crippen molar-refractivity contribution in [1.29, 1.82) is 0 Å². The van der Waals surface area contributed by atoms with Crippen LogP contribution in [-0.4, -0.2) is 46.1 Å². The van der Waals surface area contributed by atoms with Crippen molar-refractivity contribution in [2.45, 2.75) is 231 Å². The summed E-state index contributed by atoms with van der Waals surface area (Å²) >= 11 is 0. The van der Waals surface area contributed by atoms with Crippen molar-refractivity contribution in [2.24, 2.45) is 0 Å². The SMILES string of the molecule is CCCCCCCCC/C=C/CC/C=C/[C@@H](O)[C@H](CO)NC(=O)[C@@H](O)CCCCCCCCCCCCCCCCCCCCCC. The second-order valence-electron chi connectivity index (χ2n) is 14.2. The topological polar surface area (TPSA) is 89.8 Å². The summed E-state index contributed by atoms with van der Waals surface area (Å²) < 4.78 is 0. The predicted octanol–water partition coefficient (Wildman–Crippen LogP) is 11.4. The Labute approximate surface area is 292 Å². The van der Waals surface area contributed by atoms with Crippen LogP contribution in [0.25, 0.3) is 0 Å².